The molecule has 0 spiro atoms. The van der Waals surface area contributed by atoms with Gasteiger partial charge in [-0.3, -0.25) is 0 Å². The van der Waals surface area contributed by atoms with E-state index in [1.807, 2.05) is 0 Å². The van der Waals surface area contributed by atoms with Gasteiger partial charge >= 0.3 is 0 Å². The summed E-state index contributed by atoms with van der Waals surface area (Å²) in [5.41, 5.74) is 1.14. The van der Waals surface area contributed by atoms with Gasteiger partial charge in [-0.05, 0) is 35.4 Å². The molecule has 1 unspecified atom stereocenters. The maximum absolute atomic E-state index is 13.8. The average Bonchev–Trinajstić information content (AvgIpc) is 2.33. The Morgan fingerprint density at radius 3 is 1.76 bits per heavy atom. The van der Waals surface area contributed by atoms with Crippen molar-refractivity contribution < 1.29 is 13.2 Å². The molecule has 2 rings (SSSR count). The second-order valence-corrected chi connectivity index (χ2v) is 3.85. The molecule has 0 amide bonds. The first kappa shape index (κ1) is 11.7. The number of alkyl halides is 1. The molecule has 0 aliphatic heterocycles. The van der Waals surface area contributed by atoms with Crippen LogP contribution in [0.2, 0.25) is 0 Å². The van der Waals surface area contributed by atoms with E-state index in [4.69, 9.17) is 0 Å². The van der Waals surface area contributed by atoms with Crippen LogP contribution in [0.3, 0.4) is 0 Å². The molecule has 88 valence electrons. The summed E-state index contributed by atoms with van der Waals surface area (Å²) >= 11 is 0. The van der Waals surface area contributed by atoms with Gasteiger partial charge in [-0.2, -0.15) is 0 Å². The summed E-state index contributed by atoms with van der Waals surface area (Å²) in [5, 5.41) is 0. The molecule has 1 atom stereocenters. The molecule has 0 saturated carbocycles. The van der Waals surface area contributed by atoms with Crippen molar-refractivity contribution in [2.45, 2.75) is 12.6 Å². The van der Waals surface area contributed by atoms with E-state index < -0.39 is 6.17 Å². The Bertz CT molecular complexity index is 474. The fraction of sp³-hybridized carbons (Fsp3) is 0.143. The van der Waals surface area contributed by atoms with Crippen LogP contribution in [0.5, 0.6) is 0 Å². The van der Waals surface area contributed by atoms with Gasteiger partial charge in [0.05, 0.1) is 0 Å². The normalized spacial score (nSPS) is 12.4. The van der Waals surface area contributed by atoms with E-state index in [0.29, 0.717) is 11.1 Å². The minimum absolute atomic E-state index is 0.159. The molecular weight excluding hydrogens is 225 g/mol. The lowest BCUT2D eigenvalue weighted by atomic mass is 10.0. The molecule has 0 radical (unpaired) electrons. The Hall–Kier alpha value is -1.77. The fourth-order valence-electron chi connectivity index (χ4n) is 1.62. The standard InChI is InChI=1S/C14H11F3/c15-12-5-1-10(2-6-12)9-14(17)11-3-7-13(16)8-4-11/h1-8,14H,9H2. The third-order valence-electron chi connectivity index (χ3n) is 2.56. The van der Waals surface area contributed by atoms with Gasteiger partial charge in [-0.15, -0.1) is 0 Å². The van der Waals surface area contributed by atoms with E-state index in [0.717, 1.165) is 0 Å². The highest BCUT2D eigenvalue weighted by molar-refractivity contribution is 5.23. The minimum Gasteiger partial charge on any atom is -0.242 e. The van der Waals surface area contributed by atoms with E-state index in [-0.39, 0.29) is 18.1 Å². The van der Waals surface area contributed by atoms with Crippen LogP contribution >= 0.6 is 0 Å². The highest BCUT2D eigenvalue weighted by Crippen LogP contribution is 2.22. The van der Waals surface area contributed by atoms with Crippen molar-refractivity contribution in [2.75, 3.05) is 0 Å². The Kier molecular flexibility index (Phi) is 3.47. The number of hydrogen-bond donors (Lipinski definition) is 0. The van der Waals surface area contributed by atoms with Crippen molar-refractivity contribution in [3.05, 3.63) is 71.3 Å². The van der Waals surface area contributed by atoms with Crippen LogP contribution in [-0.2, 0) is 6.42 Å². The Labute approximate surface area is 97.7 Å². The zero-order valence-electron chi connectivity index (χ0n) is 9.04. The fourth-order valence-corrected chi connectivity index (χ4v) is 1.62. The van der Waals surface area contributed by atoms with Crippen LogP contribution in [0.15, 0.2) is 48.5 Å². The summed E-state index contributed by atoms with van der Waals surface area (Å²) in [6.07, 6.45) is -1.05. The van der Waals surface area contributed by atoms with Gasteiger partial charge in [-0.1, -0.05) is 24.3 Å². The summed E-state index contributed by atoms with van der Waals surface area (Å²) in [7, 11) is 0. The lowest BCUT2D eigenvalue weighted by molar-refractivity contribution is 0.342. The van der Waals surface area contributed by atoms with Crippen LogP contribution in [0.1, 0.15) is 17.3 Å². The van der Waals surface area contributed by atoms with Gasteiger partial charge in [0.15, 0.2) is 0 Å². The Morgan fingerprint density at radius 1 is 0.765 bits per heavy atom. The second-order valence-electron chi connectivity index (χ2n) is 3.85. The maximum Gasteiger partial charge on any atom is 0.129 e. The van der Waals surface area contributed by atoms with Gasteiger partial charge in [-0.25, -0.2) is 13.2 Å². The van der Waals surface area contributed by atoms with Gasteiger partial charge < -0.3 is 0 Å². The molecule has 2 aromatic rings. The summed E-state index contributed by atoms with van der Waals surface area (Å²) in [5.74, 6) is -0.728. The summed E-state index contributed by atoms with van der Waals surface area (Å²) in [6.45, 7) is 0. The van der Waals surface area contributed by atoms with E-state index in [1.54, 1.807) is 12.1 Å². The molecule has 0 N–H and O–H groups in total. The smallest absolute Gasteiger partial charge is 0.129 e. The topological polar surface area (TPSA) is 0 Å². The first-order chi connectivity index (χ1) is 8.15. The van der Waals surface area contributed by atoms with Crippen molar-refractivity contribution >= 4 is 0 Å². The molecular formula is C14H11F3. The second kappa shape index (κ2) is 5.04. The number of rotatable bonds is 3. The average molecular weight is 236 g/mol. The van der Waals surface area contributed by atoms with Crippen molar-refractivity contribution in [1.82, 2.24) is 0 Å². The summed E-state index contributed by atoms with van der Waals surface area (Å²) < 4.78 is 39.2. The highest BCUT2D eigenvalue weighted by atomic mass is 19.1. The van der Waals surface area contributed by atoms with Gasteiger partial charge in [0.25, 0.3) is 0 Å². The van der Waals surface area contributed by atoms with Crippen molar-refractivity contribution in [1.29, 1.82) is 0 Å². The number of benzene rings is 2. The minimum atomic E-state index is -1.21. The predicted octanol–water partition coefficient (Wildman–Crippen LogP) is 4.22. The predicted molar refractivity (Wildman–Crippen MR) is 60.4 cm³/mol. The number of halogens is 3. The lowest BCUT2D eigenvalue weighted by Gasteiger charge is -2.08. The molecule has 0 bridgehead atoms. The monoisotopic (exact) mass is 236 g/mol. The third-order valence-corrected chi connectivity index (χ3v) is 2.56. The molecule has 0 nitrogen and oxygen atoms in total. The van der Waals surface area contributed by atoms with Crippen LogP contribution in [0.25, 0.3) is 0 Å². The molecule has 17 heavy (non-hydrogen) atoms. The van der Waals surface area contributed by atoms with Gasteiger partial charge in [0.1, 0.15) is 17.8 Å². The zero-order valence-corrected chi connectivity index (χ0v) is 9.04. The first-order valence-electron chi connectivity index (χ1n) is 5.29. The van der Waals surface area contributed by atoms with Crippen molar-refractivity contribution in [2.24, 2.45) is 0 Å². The maximum atomic E-state index is 13.8. The SMILES string of the molecule is Fc1ccc(CC(F)c2ccc(F)cc2)cc1. The molecule has 0 fully saturated rings. The lowest BCUT2D eigenvalue weighted by Crippen LogP contribution is -1.97. The van der Waals surface area contributed by atoms with Crippen LogP contribution in [0.4, 0.5) is 13.2 Å². The molecule has 0 aliphatic rings. The van der Waals surface area contributed by atoms with Crippen LogP contribution < -0.4 is 0 Å². The van der Waals surface area contributed by atoms with Crippen LogP contribution in [0, 0.1) is 11.6 Å². The van der Waals surface area contributed by atoms with Gasteiger partial charge in [0.2, 0.25) is 0 Å². The molecule has 0 aliphatic carbocycles. The van der Waals surface area contributed by atoms with Crippen molar-refractivity contribution in [3.8, 4) is 0 Å². The third kappa shape index (κ3) is 3.09. The first-order valence-corrected chi connectivity index (χ1v) is 5.29. The Balaban J connectivity index is 2.08. The summed E-state index contributed by atoms with van der Waals surface area (Å²) in [4.78, 5) is 0. The zero-order chi connectivity index (χ0) is 12.3. The van der Waals surface area contributed by atoms with E-state index in [9.17, 15) is 13.2 Å². The Morgan fingerprint density at radius 2 is 1.24 bits per heavy atom. The summed E-state index contributed by atoms with van der Waals surface area (Å²) in [6, 6.07) is 11.0. The number of hydrogen-bond acceptors (Lipinski definition) is 0. The molecule has 0 saturated heterocycles. The van der Waals surface area contributed by atoms with Gasteiger partial charge in [0, 0.05) is 6.42 Å². The van der Waals surface area contributed by atoms with E-state index in [2.05, 4.69) is 0 Å². The quantitative estimate of drug-likeness (QED) is 0.748. The van der Waals surface area contributed by atoms with E-state index in [1.165, 1.54) is 36.4 Å². The highest BCUT2D eigenvalue weighted by Gasteiger charge is 2.10. The molecule has 0 aromatic heterocycles. The molecule has 0 heterocycles. The van der Waals surface area contributed by atoms with Crippen LogP contribution in [-0.4, -0.2) is 0 Å². The molecule has 2 aromatic carbocycles. The van der Waals surface area contributed by atoms with Crippen molar-refractivity contribution in [3.63, 3.8) is 0 Å². The molecule has 3 heteroatoms. The largest absolute Gasteiger partial charge is 0.242 e. The van der Waals surface area contributed by atoms with E-state index >= 15 is 0 Å².